The van der Waals surface area contributed by atoms with Crippen LogP contribution in [0.2, 0.25) is 0 Å². The summed E-state index contributed by atoms with van der Waals surface area (Å²) in [5.41, 5.74) is 0.104. The van der Waals surface area contributed by atoms with Crippen LogP contribution in [0.15, 0.2) is 54.4 Å². The largest absolute Gasteiger partial charge is 0.433 e. The molecule has 0 saturated heterocycles. The molecule has 2 heterocycles. The quantitative estimate of drug-likeness (QED) is 0.337. The van der Waals surface area contributed by atoms with Crippen LogP contribution in [-0.4, -0.2) is 20.3 Å². The fourth-order valence-corrected chi connectivity index (χ4v) is 5.50. The fourth-order valence-electron chi connectivity index (χ4n) is 5.50. The lowest BCUT2D eigenvalue weighted by molar-refractivity contribution is -0.141. The summed E-state index contributed by atoms with van der Waals surface area (Å²) in [5, 5.41) is 0. The zero-order valence-corrected chi connectivity index (χ0v) is 18.9. The molecule has 3 atom stereocenters. The van der Waals surface area contributed by atoms with E-state index in [2.05, 4.69) is 9.83 Å². The number of imidazole rings is 1. The smallest absolute Gasteiger partial charge is 0.308 e. The van der Waals surface area contributed by atoms with Crippen molar-refractivity contribution in [2.24, 2.45) is 11.8 Å². The Balaban J connectivity index is 1.81. The second-order valence-corrected chi connectivity index (χ2v) is 9.20. The van der Waals surface area contributed by atoms with Crippen LogP contribution in [0.3, 0.4) is 0 Å². The summed E-state index contributed by atoms with van der Waals surface area (Å²) in [6, 6.07) is 8.15. The van der Waals surface area contributed by atoms with Crippen molar-refractivity contribution in [2.45, 2.75) is 38.3 Å². The van der Waals surface area contributed by atoms with Crippen LogP contribution in [0.4, 0.5) is 17.6 Å². The summed E-state index contributed by atoms with van der Waals surface area (Å²) in [6.45, 7) is 11.2. The zero-order valence-electron chi connectivity index (χ0n) is 18.9. The molecule has 0 unspecified atom stereocenters. The van der Waals surface area contributed by atoms with Crippen molar-refractivity contribution < 1.29 is 22.4 Å². The van der Waals surface area contributed by atoms with E-state index in [1.165, 1.54) is 24.3 Å². The maximum absolute atomic E-state index is 14.2. The van der Waals surface area contributed by atoms with Crippen LogP contribution in [0.25, 0.3) is 21.9 Å². The zero-order chi connectivity index (χ0) is 25.1. The summed E-state index contributed by atoms with van der Waals surface area (Å²) in [6.07, 6.45) is -0.816. The number of ketones is 1. The molecule has 0 spiro atoms. The van der Waals surface area contributed by atoms with Gasteiger partial charge in [0.15, 0.2) is 5.78 Å². The van der Waals surface area contributed by atoms with E-state index >= 15 is 0 Å². The van der Waals surface area contributed by atoms with Crippen LogP contribution < -0.4 is 0 Å². The Morgan fingerprint density at radius 2 is 2.00 bits per heavy atom. The summed E-state index contributed by atoms with van der Waals surface area (Å²) >= 11 is 0. The van der Waals surface area contributed by atoms with Gasteiger partial charge >= 0.3 is 6.18 Å². The molecule has 0 bridgehead atoms. The maximum Gasteiger partial charge on any atom is 0.433 e. The molecule has 0 fully saturated rings. The number of carbonyl (C=O) groups excluding carboxylic acids is 1. The third kappa shape index (κ3) is 3.55. The number of Topliss-reactive ketones (excluding diaryl/α,β-unsaturated/α-hetero) is 1. The first-order chi connectivity index (χ1) is 16.5. The average molecular weight is 480 g/mol. The molecule has 0 amide bonds. The number of hydrogen-bond donors (Lipinski definition) is 0. The average Bonchev–Trinajstić information content (AvgIpc) is 3.22. The van der Waals surface area contributed by atoms with Gasteiger partial charge < -0.3 is 4.79 Å². The van der Waals surface area contributed by atoms with Crippen LogP contribution in [0, 0.1) is 24.2 Å². The molecule has 2 aliphatic carbocycles. The molecule has 178 valence electrons. The number of carbonyl (C=O) groups is 1. The maximum atomic E-state index is 14.2. The molecule has 0 saturated carbocycles. The first kappa shape index (κ1) is 23.0. The summed E-state index contributed by atoms with van der Waals surface area (Å²) in [7, 11) is 0. The lowest BCUT2D eigenvalue weighted by Gasteiger charge is -2.44. The minimum absolute atomic E-state index is 0.0363. The predicted molar refractivity (Wildman–Crippen MR) is 120 cm³/mol. The van der Waals surface area contributed by atoms with Gasteiger partial charge in [0.1, 0.15) is 17.3 Å². The number of aromatic nitrogens is 3. The first-order valence-electron chi connectivity index (χ1n) is 11.1. The molecule has 0 N–H and O–H groups in total. The summed E-state index contributed by atoms with van der Waals surface area (Å²) in [5.74, 6) is -1.01. The molecule has 2 aliphatic rings. The minimum atomic E-state index is -4.64. The van der Waals surface area contributed by atoms with Gasteiger partial charge in [0, 0.05) is 28.8 Å². The van der Waals surface area contributed by atoms with Gasteiger partial charge in [0.25, 0.3) is 0 Å². The van der Waals surface area contributed by atoms with Gasteiger partial charge in [-0.2, -0.15) is 13.2 Å². The third-order valence-corrected chi connectivity index (χ3v) is 7.15. The van der Waals surface area contributed by atoms with Gasteiger partial charge in [-0.1, -0.05) is 26.0 Å². The molecule has 5 nitrogen and oxygen atoms in total. The number of alkyl halides is 3. The topological polar surface area (TPSA) is 52.1 Å². The van der Waals surface area contributed by atoms with Crippen molar-refractivity contribution in [2.75, 3.05) is 0 Å². The highest BCUT2D eigenvalue weighted by atomic mass is 19.4. The van der Waals surface area contributed by atoms with E-state index in [1.807, 2.05) is 6.92 Å². The lowest BCUT2D eigenvalue weighted by Crippen LogP contribution is -2.45. The number of pyridine rings is 1. The number of halogens is 4. The van der Waals surface area contributed by atoms with Crippen molar-refractivity contribution in [3.8, 4) is 17.1 Å². The van der Waals surface area contributed by atoms with E-state index in [9.17, 15) is 22.4 Å². The second kappa shape index (κ2) is 7.87. The Bertz CT molecular complexity index is 1430. The Morgan fingerprint density at radius 3 is 2.69 bits per heavy atom. The third-order valence-electron chi connectivity index (χ3n) is 7.15. The number of nitrogens with zero attached hydrogens (tertiary/aromatic N) is 4. The standard InChI is InChI=1S/C26H20F4N4O/c1-14-18-7-8-20-23(25(18,2)13-19(31-3)22(14)35)33-24(34(20)17-6-4-5-16(27)12-17)15-9-10-32-21(11-15)26(28,29)30/h4-6,9-14,18H,7-8H2,1-2H3/t14-,18-,25-/m1/s1. The van der Waals surface area contributed by atoms with E-state index in [0.29, 0.717) is 24.2 Å². The Labute approximate surface area is 199 Å². The second-order valence-electron chi connectivity index (χ2n) is 9.20. The van der Waals surface area contributed by atoms with Crippen molar-refractivity contribution in [1.29, 1.82) is 0 Å². The SMILES string of the molecule is [C-]#[N+]C1=C[C@@]2(C)c3nc(-c4ccnc(C(F)(F)F)c4)n(-c4cccc(F)c4)c3CC[C@@H]2[C@@H](C)C1=O. The molecule has 2 aromatic heterocycles. The number of fused-ring (bicyclic) bond motifs is 3. The summed E-state index contributed by atoms with van der Waals surface area (Å²) in [4.78, 5) is 24.4. The van der Waals surface area contributed by atoms with Gasteiger partial charge in [-0.05, 0) is 49.1 Å². The number of benzene rings is 1. The summed E-state index contributed by atoms with van der Waals surface area (Å²) < 4.78 is 56.2. The molecular weight excluding hydrogens is 460 g/mol. The molecule has 1 aromatic carbocycles. The first-order valence-corrected chi connectivity index (χ1v) is 11.1. The van der Waals surface area contributed by atoms with E-state index in [4.69, 9.17) is 11.6 Å². The van der Waals surface area contributed by atoms with Crippen molar-refractivity contribution in [1.82, 2.24) is 14.5 Å². The molecule has 35 heavy (non-hydrogen) atoms. The fraction of sp³-hybridized carbons (Fsp3) is 0.308. The molecule has 5 rings (SSSR count). The van der Waals surface area contributed by atoms with Gasteiger partial charge in [0.05, 0.1) is 18.0 Å². The van der Waals surface area contributed by atoms with Crippen molar-refractivity contribution in [3.63, 3.8) is 0 Å². The highest BCUT2D eigenvalue weighted by Crippen LogP contribution is 2.51. The van der Waals surface area contributed by atoms with Gasteiger partial charge in [0.2, 0.25) is 5.70 Å². The van der Waals surface area contributed by atoms with Crippen LogP contribution in [0.1, 0.15) is 37.4 Å². The monoisotopic (exact) mass is 480 g/mol. The molecule has 3 aromatic rings. The molecule has 0 aliphatic heterocycles. The van der Waals surface area contributed by atoms with Crippen LogP contribution >= 0.6 is 0 Å². The molecule has 0 radical (unpaired) electrons. The van der Waals surface area contributed by atoms with E-state index in [0.717, 1.165) is 18.0 Å². The van der Waals surface area contributed by atoms with Crippen molar-refractivity contribution in [3.05, 3.63) is 88.7 Å². The van der Waals surface area contributed by atoms with Gasteiger partial charge in [-0.3, -0.25) is 9.55 Å². The molecule has 9 heteroatoms. The number of rotatable bonds is 2. The highest BCUT2D eigenvalue weighted by Gasteiger charge is 2.50. The Morgan fingerprint density at radius 1 is 1.23 bits per heavy atom. The van der Waals surface area contributed by atoms with Crippen molar-refractivity contribution >= 4 is 5.78 Å². The minimum Gasteiger partial charge on any atom is -0.308 e. The Kier molecular flexibility index (Phi) is 5.16. The van der Waals surface area contributed by atoms with E-state index in [-0.39, 0.29) is 28.8 Å². The molecular formula is C26H20F4N4O. The van der Waals surface area contributed by atoms with Gasteiger partial charge in [-0.25, -0.2) is 14.2 Å². The number of allylic oxidation sites excluding steroid dienone is 2. The normalized spacial score (nSPS) is 23.8. The van der Waals surface area contributed by atoms with Crippen LogP contribution in [-0.2, 0) is 22.8 Å². The van der Waals surface area contributed by atoms with Crippen LogP contribution in [0.5, 0.6) is 0 Å². The lowest BCUT2D eigenvalue weighted by atomic mass is 9.59. The predicted octanol–water partition coefficient (Wildman–Crippen LogP) is 5.93. The van der Waals surface area contributed by atoms with E-state index < -0.39 is 29.0 Å². The van der Waals surface area contributed by atoms with Gasteiger partial charge in [-0.15, -0.1) is 0 Å². The number of hydrogen-bond acceptors (Lipinski definition) is 3. The Hall–Kier alpha value is -3.80. The van der Waals surface area contributed by atoms with E-state index in [1.54, 1.807) is 23.6 Å². The highest BCUT2D eigenvalue weighted by molar-refractivity contribution is 6.00.